The smallest absolute Gasteiger partial charge is 0.136 e. The predicted molar refractivity (Wildman–Crippen MR) is 71.8 cm³/mol. The fourth-order valence-electron chi connectivity index (χ4n) is 3.95. The van der Waals surface area contributed by atoms with Crippen LogP contribution in [0, 0.1) is 11.8 Å². The Labute approximate surface area is 113 Å². The lowest BCUT2D eigenvalue weighted by Gasteiger charge is -2.48. The summed E-state index contributed by atoms with van der Waals surface area (Å²) in [5.74, 6) is 1.09. The highest BCUT2D eigenvalue weighted by Gasteiger charge is 2.48. The van der Waals surface area contributed by atoms with Gasteiger partial charge in [0, 0.05) is 18.0 Å². The van der Waals surface area contributed by atoms with Gasteiger partial charge in [-0.25, -0.2) is 4.98 Å². The van der Waals surface area contributed by atoms with Gasteiger partial charge >= 0.3 is 0 Å². The highest BCUT2D eigenvalue weighted by atomic mass is 35.5. The molecule has 0 bridgehead atoms. The third-order valence-electron chi connectivity index (χ3n) is 5.07. The number of ketones is 1. The first-order valence-corrected chi connectivity index (χ1v) is 7.09. The van der Waals surface area contributed by atoms with Crippen LogP contribution in [-0.2, 0) is 16.6 Å². The SMILES string of the molecule is CC1C(=O)CC[C@@]2(C)c3ccc(Cl)nc3CC[C@H]12. The van der Waals surface area contributed by atoms with Crippen molar-refractivity contribution in [1.29, 1.82) is 0 Å². The van der Waals surface area contributed by atoms with E-state index in [0.29, 0.717) is 23.3 Å². The molecule has 3 rings (SSSR count). The Balaban J connectivity index is 2.09. The summed E-state index contributed by atoms with van der Waals surface area (Å²) in [5.41, 5.74) is 2.57. The zero-order chi connectivity index (χ0) is 12.9. The van der Waals surface area contributed by atoms with E-state index in [-0.39, 0.29) is 11.3 Å². The Bertz CT molecular complexity index is 513. The van der Waals surface area contributed by atoms with E-state index in [1.807, 2.05) is 6.07 Å². The van der Waals surface area contributed by atoms with Gasteiger partial charge in [0.15, 0.2) is 0 Å². The number of Topliss-reactive ketones (excluding diaryl/α,β-unsaturated/α-hetero) is 1. The molecule has 1 aromatic heterocycles. The van der Waals surface area contributed by atoms with Crippen molar-refractivity contribution in [3.63, 3.8) is 0 Å². The molecule has 0 amide bonds. The predicted octanol–water partition coefficient (Wildman–Crippen LogP) is 3.55. The van der Waals surface area contributed by atoms with Crippen LogP contribution in [0.5, 0.6) is 0 Å². The van der Waals surface area contributed by atoms with Crippen molar-refractivity contribution < 1.29 is 4.79 Å². The van der Waals surface area contributed by atoms with Crippen LogP contribution in [0.25, 0.3) is 0 Å². The monoisotopic (exact) mass is 263 g/mol. The molecule has 3 atom stereocenters. The van der Waals surface area contributed by atoms with Crippen LogP contribution < -0.4 is 0 Å². The molecular weight excluding hydrogens is 246 g/mol. The molecule has 1 heterocycles. The van der Waals surface area contributed by atoms with Crippen LogP contribution in [-0.4, -0.2) is 10.8 Å². The lowest BCUT2D eigenvalue weighted by Crippen LogP contribution is -2.46. The molecule has 2 aliphatic carbocycles. The van der Waals surface area contributed by atoms with Gasteiger partial charge in [-0.3, -0.25) is 4.79 Å². The van der Waals surface area contributed by atoms with Crippen LogP contribution in [0.3, 0.4) is 0 Å². The van der Waals surface area contributed by atoms with Gasteiger partial charge in [-0.05, 0) is 42.2 Å². The maximum Gasteiger partial charge on any atom is 0.136 e. The van der Waals surface area contributed by atoms with Crippen molar-refractivity contribution in [1.82, 2.24) is 4.98 Å². The molecule has 0 spiro atoms. The minimum Gasteiger partial charge on any atom is -0.299 e. The average Bonchev–Trinajstić information content (AvgIpc) is 2.34. The first kappa shape index (κ1) is 12.2. The van der Waals surface area contributed by atoms with Crippen LogP contribution in [0.15, 0.2) is 12.1 Å². The molecule has 0 saturated heterocycles. The number of aryl methyl sites for hydroxylation is 1. The Morgan fingerprint density at radius 3 is 2.94 bits per heavy atom. The van der Waals surface area contributed by atoms with Crippen molar-refractivity contribution >= 4 is 17.4 Å². The molecule has 1 saturated carbocycles. The van der Waals surface area contributed by atoms with E-state index in [4.69, 9.17) is 11.6 Å². The number of hydrogen-bond donors (Lipinski definition) is 0. The number of rotatable bonds is 0. The molecule has 0 radical (unpaired) electrons. The normalized spacial score (nSPS) is 34.9. The third kappa shape index (κ3) is 1.62. The summed E-state index contributed by atoms with van der Waals surface area (Å²) in [6.07, 6.45) is 3.67. The van der Waals surface area contributed by atoms with Gasteiger partial charge in [0.1, 0.15) is 10.9 Å². The van der Waals surface area contributed by atoms with E-state index in [1.165, 1.54) is 5.56 Å². The number of nitrogens with zero attached hydrogens (tertiary/aromatic N) is 1. The van der Waals surface area contributed by atoms with E-state index in [1.54, 1.807) is 0 Å². The highest BCUT2D eigenvalue weighted by molar-refractivity contribution is 6.29. The van der Waals surface area contributed by atoms with Gasteiger partial charge in [-0.15, -0.1) is 0 Å². The number of aromatic nitrogens is 1. The maximum absolute atomic E-state index is 11.9. The molecule has 96 valence electrons. The molecule has 2 aliphatic rings. The van der Waals surface area contributed by atoms with Gasteiger partial charge in [-0.2, -0.15) is 0 Å². The molecule has 18 heavy (non-hydrogen) atoms. The Morgan fingerprint density at radius 1 is 1.39 bits per heavy atom. The summed E-state index contributed by atoms with van der Waals surface area (Å²) in [6.45, 7) is 4.40. The summed E-state index contributed by atoms with van der Waals surface area (Å²) >= 11 is 5.98. The second-order valence-electron chi connectivity index (χ2n) is 5.95. The molecule has 1 unspecified atom stereocenters. The van der Waals surface area contributed by atoms with Gasteiger partial charge < -0.3 is 0 Å². The topological polar surface area (TPSA) is 30.0 Å². The summed E-state index contributed by atoms with van der Waals surface area (Å²) in [4.78, 5) is 16.4. The van der Waals surface area contributed by atoms with Crippen LogP contribution in [0.4, 0.5) is 0 Å². The first-order chi connectivity index (χ1) is 8.52. The molecular formula is C15H18ClNO. The van der Waals surface area contributed by atoms with E-state index < -0.39 is 0 Å². The lowest BCUT2D eigenvalue weighted by atomic mass is 9.55. The summed E-state index contributed by atoms with van der Waals surface area (Å²) in [6, 6.07) is 4.01. The second-order valence-corrected chi connectivity index (χ2v) is 6.33. The number of hydrogen-bond acceptors (Lipinski definition) is 2. The van der Waals surface area contributed by atoms with Crippen LogP contribution >= 0.6 is 11.6 Å². The number of halogens is 1. The van der Waals surface area contributed by atoms with Crippen LogP contribution in [0.2, 0.25) is 5.15 Å². The number of carbonyl (C=O) groups excluding carboxylic acids is 1. The van der Waals surface area contributed by atoms with Gasteiger partial charge in [0.2, 0.25) is 0 Å². The second kappa shape index (κ2) is 4.06. The van der Waals surface area contributed by atoms with Crippen molar-refractivity contribution in [2.24, 2.45) is 11.8 Å². The Morgan fingerprint density at radius 2 is 2.17 bits per heavy atom. The van der Waals surface area contributed by atoms with Crippen molar-refractivity contribution in [3.8, 4) is 0 Å². The first-order valence-electron chi connectivity index (χ1n) is 6.71. The van der Waals surface area contributed by atoms with E-state index in [9.17, 15) is 4.79 Å². The quantitative estimate of drug-likeness (QED) is 0.670. The Kier molecular flexibility index (Phi) is 2.74. The lowest BCUT2D eigenvalue weighted by molar-refractivity contribution is -0.128. The standard InChI is InChI=1S/C15H18ClNO/c1-9-10-3-5-12-11(4-6-14(16)17-12)15(10,2)8-7-13(9)18/h4,6,9-10H,3,5,7-8H2,1-2H3/t9?,10-,15-/m1/s1. The van der Waals surface area contributed by atoms with E-state index >= 15 is 0 Å². The number of pyridine rings is 1. The van der Waals surface area contributed by atoms with Gasteiger partial charge in [0.05, 0.1) is 0 Å². The molecule has 0 aromatic carbocycles. The van der Waals surface area contributed by atoms with Crippen LogP contribution in [0.1, 0.15) is 44.4 Å². The summed E-state index contributed by atoms with van der Waals surface area (Å²) in [5, 5.41) is 0.579. The van der Waals surface area contributed by atoms with Gasteiger partial charge in [0.25, 0.3) is 0 Å². The summed E-state index contributed by atoms with van der Waals surface area (Å²) < 4.78 is 0. The molecule has 0 aliphatic heterocycles. The van der Waals surface area contributed by atoms with Crippen molar-refractivity contribution in [3.05, 3.63) is 28.5 Å². The van der Waals surface area contributed by atoms with Crippen molar-refractivity contribution in [2.75, 3.05) is 0 Å². The molecule has 3 heteroatoms. The molecule has 1 aromatic rings. The van der Waals surface area contributed by atoms with Crippen molar-refractivity contribution in [2.45, 2.75) is 44.9 Å². The zero-order valence-electron chi connectivity index (χ0n) is 10.9. The minimum atomic E-state index is 0.110. The molecule has 2 nitrogen and oxygen atoms in total. The Hall–Kier alpha value is -0.890. The average molecular weight is 264 g/mol. The third-order valence-corrected chi connectivity index (χ3v) is 5.28. The fourth-order valence-corrected chi connectivity index (χ4v) is 4.12. The van der Waals surface area contributed by atoms with E-state index in [2.05, 4.69) is 24.9 Å². The molecule has 0 N–H and O–H groups in total. The largest absolute Gasteiger partial charge is 0.299 e. The highest BCUT2D eigenvalue weighted by Crippen LogP contribution is 2.50. The van der Waals surface area contributed by atoms with E-state index in [0.717, 1.165) is 25.0 Å². The zero-order valence-corrected chi connectivity index (χ0v) is 11.6. The van der Waals surface area contributed by atoms with Gasteiger partial charge in [-0.1, -0.05) is 31.5 Å². The number of fused-ring (bicyclic) bond motifs is 3. The fraction of sp³-hybridized carbons (Fsp3) is 0.600. The summed E-state index contributed by atoms with van der Waals surface area (Å²) in [7, 11) is 0. The molecule has 1 fully saturated rings. The number of carbonyl (C=O) groups is 1. The maximum atomic E-state index is 11.9. The minimum absolute atomic E-state index is 0.110.